The molecule has 1 aromatic heterocycles. The lowest BCUT2D eigenvalue weighted by Gasteiger charge is -2.23. The van der Waals surface area contributed by atoms with E-state index in [1.54, 1.807) is 30.3 Å². The van der Waals surface area contributed by atoms with Crippen LogP contribution in [0.2, 0.25) is 10.0 Å². The lowest BCUT2D eigenvalue weighted by atomic mass is 10.1. The Morgan fingerprint density at radius 3 is 2.17 bits per heavy atom. The maximum Gasteiger partial charge on any atom is 0.254 e. The van der Waals surface area contributed by atoms with Crippen molar-refractivity contribution in [2.45, 2.75) is 6.54 Å². The van der Waals surface area contributed by atoms with E-state index in [2.05, 4.69) is 10.4 Å². The summed E-state index contributed by atoms with van der Waals surface area (Å²) in [6.07, 6.45) is 0. The molecule has 0 bridgehead atoms. The van der Waals surface area contributed by atoms with Crippen molar-refractivity contribution in [2.24, 2.45) is 0 Å². The number of amides is 2. The maximum absolute atomic E-state index is 13.6. The van der Waals surface area contributed by atoms with E-state index in [1.165, 1.54) is 27.8 Å². The molecule has 9 heteroatoms. The summed E-state index contributed by atoms with van der Waals surface area (Å²) in [7, 11) is 0. The molecule has 5 rings (SSSR count). The highest BCUT2D eigenvalue weighted by Gasteiger charge is 2.22. The van der Waals surface area contributed by atoms with Crippen molar-refractivity contribution in [3.63, 3.8) is 0 Å². The van der Waals surface area contributed by atoms with E-state index in [0.717, 1.165) is 11.1 Å². The molecule has 0 aliphatic rings. The van der Waals surface area contributed by atoms with Crippen LogP contribution in [0.15, 0.2) is 109 Å². The van der Waals surface area contributed by atoms with Crippen molar-refractivity contribution >= 4 is 40.8 Å². The van der Waals surface area contributed by atoms with Crippen LogP contribution in [-0.4, -0.2) is 33.0 Å². The summed E-state index contributed by atoms with van der Waals surface area (Å²) in [5.41, 5.74) is 3.19. The third-order valence-electron chi connectivity index (χ3n) is 6.12. The fourth-order valence-corrected chi connectivity index (χ4v) is 4.47. The smallest absolute Gasteiger partial charge is 0.254 e. The van der Waals surface area contributed by atoms with Crippen molar-refractivity contribution in [1.29, 1.82) is 0 Å². The largest absolute Gasteiger partial charge is 0.325 e. The number of aromatic nitrogens is 2. The van der Waals surface area contributed by atoms with Crippen molar-refractivity contribution in [3.05, 3.63) is 136 Å². The molecule has 200 valence electrons. The second kappa shape index (κ2) is 12.2. The second-order valence-electron chi connectivity index (χ2n) is 8.99. The minimum atomic E-state index is -0.438. The number of rotatable bonds is 8. The first kappa shape index (κ1) is 27.1. The highest BCUT2D eigenvalue weighted by molar-refractivity contribution is 6.42. The van der Waals surface area contributed by atoms with Crippen LogP contribution in [0.5, 0.6) is 0 Å². The van der Waals surface area contributed by atoms with Gasteiger partial charge in [-0.3, -0.25) is 9.59 Å². The normalized spacial score (nSPS) is 10.8. The van der Waals surface area contributed by atoms with Gasteiger partial charge in [-0.15, -0.1) is 0 Å². The van der Waals surface area contributed by atoms with E-state index in [-0.39, 0.29) is 29.8 Å². The molecule has 0 aliphatic heterocycles. The summed E-state index contributed by atoms with van der Waals surface area (Å²) in [4.78, 5) is 28.3. The van der Waals surface area contributed by atoms with Crippen LogP contribution in [-0.2, 0) is 11.3 Å². The van der Waals surface area contributed by atoms with E-state index >= 15 is 0 Å². The van der Waals surface area contributed by atoms with Gasteiger partial charge in [-0.05, 0) is 48.0 Å². The summed E-state index contributed by atoms with van der Waals surface area (Å²) < 4.78 is 15.1. The van der Waals surface area contributed by atoms with Gasteiger partial charge in [0.15, 0.2) is 0 Å². The summed E-state index contributed by atoms with van der Waals surface area (Å²) in [6.45, 7) is -0.0525. The van der Waals surface area contributed by atoms with Crippen molar-refractivity contribution in [3.8, 4) is 16.9 Å². The third-order valence-corrected chi connectivity index (χ3v) is 6.86. The van der Waals surface area contributed by atoms with Crippen molar-refractivity contribution in [1.82, 2.24) is 14.7 Å². The van der Waals surface area contributed by atoms with Gasteiger partial charge in [0.25, 0.3) is 5.91 Å². The standard InChI is InChI=1S/C31H23Cl2FN4O2/c32-26-16-11-23(17-27(26)33)31(40)37(19-21-7-3-1-4-8-21)20-30(39)35-29-18-28(22-9-5-2-6-10-22)36-38(29)25-14-12-24(34)13-15-25/h1-18H,19-20H2,(H,35,39). The van der Waals surface area contributed by atoms with Gasteiger partial charge < -0.3 is 10.2 Å². The Kier molecular flexibility index (Phi) is 8.24. The first-order valence-corrected chi connectivity index (χ1v) is 13.1. The van der Waals surface area contributed by atoms with E-state index in [0.29, 0.717) is 27.8 Å². The molecule has 0 saturated carbocycles. The number of halogens is 3. The Bertz CT molecular complexity index is 1640. The molecule has 0 radical (unpaired) electrons. The molecule has 0 saturated heterocycles. The third kappa shape index (κ3) is 6.39. The topological polar surface area (TPSA) is 67.2 Å². The highest BCUT2D eigenvalue weighted by Crippen LogP contribution is 2.26. The van der Waals surface area contributed by atoms with Gasteiger partial charge >= 0.3 is 0 Å². The van der Waals surface area contributed by atoms with Crippen LogP contribution in [0.1, 0.15) is 15.9 Å². The fraction of sp³-hybridized carbons (Fsp3) is 0.0645. The van der Waals surface area contributed by atoms with Gasteiger partial charge in [0.05, 0.1) is 21.4 Å². The zero-order valence-corrected chi connectivity index (χ0v) is 22.6. The molecule has 0 spiro atoms. The van der Waals surface area contributed by atoms with E-state index in [1.807, 2.05) is 60.7 Å². The summed E-state index contributed by atoms with van der Waals surface area (Å²) in [5.74, 6) is -0.832. The van der Waals surface area contributed by atoms with Crippen molar-refractivity contribution < 1.29 is 14.0 Å². The summed E-state index contributed by atoms with van der Waals surface area (Å²) in [6, 6.07) is 31.0. The molecule has 1 N–H and O–H groups in total. The molecule has 0 atom stereocenters. The average Bonchev–Trinajstić information content (AvgIpc) is 3.38. The molecule has 0 fully saturated rings. The van der Waals surface area contributed by atoms with Crippen LogP contribution in [0.3, 0.4) is 0 Å². The number of anilines is 1. The fourth-order valence-electron chi connectivity index (χ4n) is 4.17. The predicted octanol–water partition coefficient (Wildman–Crippen LogP) is 7.27. The van der Waals surface area contributed by atoms with Crippen LogP contribution >= 0.6 is 23.2 Å². The number of hydrogen-bond donors (Lipinski definition) is 1. The van der Waals surface area contributed by atoms with Crippen LogP contribution in [0.25, 0.3) is 16.9 Å². The lowest BCUT2D eigenvalue weighted by molar-refractivity contribution is -0.117. The summed E-state index contributed by atoms with van der Waals surface area (Å²) in [5, 5.41) is 8.11. The predicted molar refractivity (Wildman–Crippen MR) is 155 cm³/mol. The molecule has 0 unspecified atom stereocenters. The second-order valence-corrected chi connectivity index (χ2v) is 9.81. The van der Waals surface area contributed by atoms with Gasteiger partial charge in [-0.1, -0.05) is 83.9 Å². The number of nitrogens with one attached hydrogen (secondary N) is 1. The SMILES string of the molecule is O=C(CN(Cc1ccccc1)C(=O)c1ccc(Cl)c(Cl)c1)Nc1cc(-c2ccccc2)nn1-c1ccc(F)cc1. The highest BCUT2D eigenvalue weighted by atomic mass is 35.5. The number of carbonyl (C=O) groups excluding carboxylic acids is 2. The lowest BCUT2D eigenvalue weighted by Crippen LogP contribution is -2.37. The van der Waals surface area contributed by atoms with Gasteiger partial charge in [-0.2, -0.15) is 5.10 Å². The van der Waals surface area contributed by atoms with Crippen LogP contribution in [0.4, 0.5) is 10.2 Å². The molecule has 0 aliphatic carbocycles. The quantitative estimate of drug-likeness (QED) is 0.212. The zero-order chi connectivity index (χ0) is 28.1. The number of nitrogens with zero attached hydrogens (tertiary/aromatic N) is 3. The minimum absolute atomic E-state index is 0.194. The molecule has 2 amide bonds. The van der Waals surface area contributed by atoms with Crippen LogP contribution < -0.4 is 5.32 Å². The van der Waals surface area contributed by atoms with Crippen molar-refractivity contribution in [2.75, 3.05) is 11.9 Å². The molecule has 1 heterocycles. The molecular formula is C31H23Cl2FN4O2. The molecular weight excluding hydrogens is 550 g/mol. The van der Waals surface area contributed by atoms with E-state index < -0.39 is 5.91 Å². The van der Waals surface area contributed by atoms with E-state index in [4.69, 9.17) is 23.2 Å². The first-order valence-electron chi connectivity index (χ1n) is 12.4. The van der Waals surface area contributed by atoms with E-state index in [9.17, 15) is 14.0 Å². The average molecular weight is 573 g/mol. The molecule has 5 aromatic rings. The maximum atomic E-state index is 13.6. The minimum Gasteiger partial charge on any atom is -0.325 e. The van der Waals surface area contributed by atoms with Crippen LogP contribution in [0, 0.1) is 5.82 Å². The Morgan fingerprint density at radius 2 is 1.50 bits per heavy atom. The molecule has 4 aromatic carbocycles. The zero-order valence-electron chi connectivity index (χ0n) is 21.1. The van der Waals surface area contributed by atoms with Gasteiger partial charge in [-0.25, -0.2) is 9.07 Å². The Labute approximate surface area is 240 Å². The molecule has 6 nitrogen and oxygen atoms in total. The van der Waals surface area contributed by atoms with Gasteiger partial charge in [0.1, 0.15) is 18.2 Å². The van der Waals surface area contributed by atoms with Gasteiger partial charge in [0, 0.05) is 23.7 Å². The number of carbonyl (C=O) groups is 2. The Morgan fingerprint density at radius 1 is 0.825 bits per heavy atom. The Balaban J connectivity index is 1.44. The number of hydrogen-bond acceptors (Lipinski definition) is 3. The Hall–Kier alpha value is -4.46. The first-order chi connectivity index (χ1) is 19.4. The number of benzene rings is 4. The van der Waals surface area contributed by atoms with Gasteiger partial charge in [0.2, 0.25) is 5.91 Å². The molecule has 40 heavy (non-hydrogen) atoms. The summed E-state index contributed by atoms with van der Waals surface area (Å²) >= 11 is 12.2. The monoisotopic (exact) mass is 572 g/mol.